The van der Waals surface area contributed by atoms with E-state index in [1.807, 2.05) is 26.0 Å². The van der Waals surface area contributed by atoms with E-state index in [0.717, 1.165) is 21.9 Å². The Kier molecular flexibility index (Phi) is 8.79. The predicted molar refractivity (Wildman–Crippen MR) is 155 cm³/mol. The van der Waals surface area contributed by atoms with Gasteiger partial charge in [-0.05, 0) is 43.2 Å². The molecule has 2 aliphatic rings. The van der Waals surface area contributed by atoms with Crippen LogP contribution in [-0.4, -0.2) is 65.2 Å². The number of pyridine rings is 1. The lowest BCUT2D eigenvalue weighted by Gasteiger charge is -2.28. The molecule has 0 aliphatic carbocycles. The molecule has 0 radical (unpaired) electrons. The van der Waals surface area contributed by atoms with Crippen LogP contribution < -0.4 is 19.6 Å². The molecule has 234 valence electrons. The minimum atomic E-state index is -4.63. The minimum Gasteiger partial charge on any atom is -0.493 e. The Balaban J connectivity index is 1.25. The smallest absolute Gasteiger partial charge is 0.435 e. The van der Waals surface area contributed by atoms with Crippen molar-refractivity contribution in [3.8, 4) is 17.4 Å². The van der Waals surface area contributed by atoms with Gasteiger partial charge in [-0.2, -0.15) is 33.0 Å². The average molecular weight is 615 g/mol. The number of methoxy groups -OCH3 is 2. The third kappa shape index (κ3) is 6.33. The zero-order chi connectivity index (χ0) is 31.6. The molecule has 14 heteroatoms. The maximum absolute atomic E-state index is 13.5. The highest BCUT2D eigenvalue weighted by molar-refractivity contribution is 6.10. The van der Waals surface area contributed by atoms with Gasteiger partial charge in [0.25, 0.3) is 0 Å². The van der Waals surface area contributed by atoms with Crippen molar-refractivity contribution >= 4 is 28.8 Å². The average Bonchev–Trinajstić information content (AvgIpc) is 3.45. The number of unbranched alkanes of at least 4 members (excludes halogenated alkanes) is 1. The SMILES string of the molecule is COc1cc(C2=NNC(=O)CC2C)ccc1OCCCCN1N=C(c2ccc(OC)n3nc(C(F)(F)F)cc23)C(C)CC1=O. The van der Waals surface area contributed by atoms with Crippen LogP contribution in [0.5, 0.6) is 17.4 Å². The summed E-state index contributed by atoms with van der Waals surface area (Å²) < 4.78 is 58.2. The van der Waals surface area contributed by atoms with Crippen LogP contribution in [0.25, 0.3) is 5.52 Å². The lowest BCUT2D eigenvalue weighted by Crippen LogP contribution is -2.37. The van der Waals surface area contributed by atoms with Gasteiger partial charge in [0.2, 0.25) is 17.7 Å². The first-order chi connectivity index (χ1) is 21.0. The molecule has 2 aliphatic heterocycles. The van der Waals surface area contributed by atoms with E-state index < -0.39 is 11.9 Å². The molecule has 2 atom stereocenters. The van der Waals surface area contributed by atoms with Crippen molar-refractivity contribution in [2.24, 2.45) is 22.0 Å². The molecule has 2 amide bonds. The fraction of sp³-hybridized carbons (Fsp3) is 0.433. The standard InChI is InChI=1S/C30H33F3N6O5/c1-17-13-25(40)34-35-28(17)19-7-9-22(23(15-19)42-3)44-12-6-5-11-38-26(41)14-18(2)29(37-38)20-8-10-27(43-4)39-21(20)16-24(36-39)30(31,32)33/h7-10,15-18H,5-6,11-14H2,1-4H3,(H,34,40). The number of ether oxygens (including phenoxy) is 3. The second kappa shape index (κ2) is 12.5. The number of fused-ring (bicyclic) bond motifs is 1. The largest absolute Gasteiger partial charge is 0.493 e. The Hall–Kier alpha value is -4.62. The molecule has 0 saturated heterocycles. The summed E-state index contributed by atoms with van der Waals surface area (Å²) in [7, 11) is 2.90. The van der Waals surface area contributed by atoms with Crippen LogP contribution in [0.2, 0.25) is 0 Å². The van der Waals surface area contributed by atoms with Gasteiger partial charge in [-0.25, -0.2) is 10.4 Å². The van der Waals surface area contributed by atoms with Crippen molar-refractivity contribution in [1.29, 1.82) is 0 Å². The number of hydrogen-bond acceptors (Lipinski definition) is 8. The Morgan fingerprint density at radius 1 is 0.955 bits per heavy atom. The minimum absolute atomic E-state index is 0.0305. The maximum atomic E-state index is 13.5. The Bertz CT molecular complexity index is 1630. The van der Waals surface area contributed by atoms with Crippen LogP contribution in [0.1, 0.15) is 56.4 Å². The van der Waals surface area contributed by atoms with Crippen molar-refractivity contribution in [2.45, 2.75) is 45.7 Å². The first-order valence-electron chi connectivity index (χ1n) is 14.2. The summed E-state index contributed by atoms with van der Waals surface area (Å²) in [6.45, 7) is 4.43. The lowest BCUT2D eigenvalue weighted by molar-refractivity contribution is -0.141. The van der Waals surface area contributed by atoms with Crippen LogP contribution in [-0.2, 0) is 15.8 Å². The van der Waals surface area contributed by atoms with Gasteiger partial charge in [-0.1, -0.05) is 13.8 Å². The number of amides is 2. The number of alkyl halides is 3. The van der Waals surface area contributed by atoms with E-state index in [1.165, 1.54) is 18.2 Å². The van der Waals surface area contributed by atoms with Gasteiger partial charge in [0, 0.05) is 48.4 Å². The van der Waals surface area contributed by atoms with Crippen molar-refractivity contribution in [3.05, 3.63) is 53.2 Å². The first kappa shape index (κ1) is 30.8. The van der Waals surface area contributed by atoms with E-state index in [-0.39, 0.29) is 41.5 Å². The molecule has 3 aromatic rings. The van der Waals surface area contributed by atoms with E-state index in [9.17, 15) is 22.8 Å². The molecule has 1 N–H and O–H groups in total. The molecule has 0 bridgehead atoms. The second-order valence-electron chi connectivity index (χ2n) is 10.8. The number of carbonyl (C=O) groups excluding carboxylic acids is 2. The highest BCUT2D eigenvalue weighted by Gasteiger charge is 2.36. The van der Waals surface area contributed by atoms with Gasteiger partial charge in [-0.3, -0.25) is 9.59 Å². The van der Waals surface area contributed by atoms with Crippen molar-refractivity contribution in [2.75, 3.05) is 27.4 Å². The number of rotatable bonds is 10. The fourth-order valence-electron chi connectivity index (χ4n) is 5.30. The van der Waals surface area contributed by atoms with Gasteiger partial charge in [0.15, 0.2) is 17.2 Å². The highest BCUT2D eigenvalue weighted by Crippen LogP contribution is 2.33. The second-order valence-corrected chi connectivity index (χ2v) is 10.8. The first-order valence-corrected chi connectivity index (χ1v) is 14.2. The van der Waals surface area contributed by atoms with E-state index in [0.29, 0.717) is 55.2 Å². The predicted octanol–water partition coefficient (Wildman–Crippen LogP) is 4.66. The number of halogens is 3. The molecule has 2 unspecified atom stereocenters. The van der Waals surface area contributed by atoms with Gasteiger partial charge >= 0.3 is 6.18 Å². The zero-order valence-corrected chi connectivity index (χ0v) is 24.8. The Labute approximate surface area is 251 Å². The lowest BCUT2D eigenvalue weighted by atomic mass is 9.93. The topological polar surface area (TPSA) is 119 Å². The summed E-state index contributed by atoms with van der Waals surface area (Å²) in [6, 6.07) is 9.62. The fourth-order valence-corrected chi connectivity index (χ4v) is 5.30. The summed E-state index contributed by atoms with van der Waals surface area (Å²) in [5, 5.41) is 13.8. The molecule has 1 aromatic carbocycles. The molecular weight excluding hydrogens is 581 g/mol. The summed E-state index contributed by atoms with van der Waals surface area (Å²) in [6.07, 6.45) is -2.92. The van der Waals surface area contributed by atoms with Crippen molar-refractivity contribution < 1.29 is 37.0 Å². The quantitative estimate of drug-likeness (QED) is 0.332. The van der Waals surface area contributed by atoms with Gasteiger partial charge < -0.3 is 14.2 Å². The molecule has 5 rings (SSSR count). The van der Waals surface area contributed by atoms with E-state index in [1.54, 1.807) is 19.2 Å². The summed E-state index contributed by atoms with van der Waals surface area (Å²) in [5.74, 6) is 0.609. The van der Waals surface area contributed by atoms with Crippen LogP contribution in [0.3, 0.4) is 0 Å². The van der Waals surface area contributed by atoms with Crippen molar-refractivity contribution in [1.82, 2.24) is 20.0 Å². The van der Waals surface area contributed by atoms with Crippen LogP contribution >= 0.6 is 0 Å². The summed E-state index contributed by atoms with van der Waals surface area (Å²) in [4.78, 5) is 24.4. The molecule has 44 heavy (non-hydrogen) atoms. The molecule has 2 aromatic heterocycles. The van der Waals surface area contributed by atoms with Crippen molar-refractivity contribution in [3.63, 3.8) is 0 Å². The number of nitrogens with one attached hydrogen (secondary N) is 1. The van der Waals surface area contributed by atoms with Gasteiger partial charge in [0.05, 0.1) is 37.8 Å². The van der Waals surface area contributed by atoms with Crippen LogP contribution in [0.15, 0.2) is 46.6 Å². The summed E-state index contributed by atoms with van der Waals surface area (Å²) >= 11 is 0. The van der Waals surface area contributed by atoms with Crippen LogP contribution in [0, 0.1) is 11.8 Å². The summed E-state index contributed by atoms with van der Waals surface area (Å²) in [5.41, 5.74) is 4.21. The number of hydrazone groups is 2. The number of carbonyl (C=O) groups is 2. The third-order valence-electron chi connectivity index (χ3n) is 7.57. The Morgan fingerprint density at radius 3 is 2.43 bits per heavy atom. The maximum Gasteiger partial charge on any atom is 0.435 e. The third-order valence-corrected chi connectivity index (χ3v) is 7.57. The molecule has 4 heterocycles. The molecule has 0 fully saturated rings. The molecule has 0 saturated carbocycles. The van der Waals surface area contributed by atoms with Gasteiger partial charge in [-0.15, -0.1) is 0 Å². The van der Waals surface area contributed by atoms with Crippen LogP contribution in [0.4, 0.5) is 13.2 Å². The van der Waals surface area contributed by atoms with E-state index in [2.05, 4.69) is 20.7 Å². The highest BCUT2D eigenvalue weighted by atomic mass is 19.4. The monoisotopic (exact) mass is 614 g/mol. The number of nitrogens with zero attached hydrogens (tertiary/aromatic N) is 5. The normalized spacial score (nSPS) is 19.0. The number of hydrogen-bond donors (Lipinski definition) is 1. The molecule has 0 spiro atoms. The number of benzene rings is 1. The zero-order valence-electron chi connectivity index (χ0n) is 24.8. The molecule has 11 nitrogen and oxygen atoms in total. The van der Waals surface area contributed by atoms with E-state index >= 15 is 0 Å². The Morgan fingerprint density at radius 2 is 1.73 bits per heavy atom. The van der Waals surface area contributed by atoms with E-state index in [4.69, 9.17) is 14.2 Å². The van der Waals surface area contributed by atoms with Gasteiger partial charge in [0.1, 0.15) is 0 Å². The number of aromatic nitrogens is 2. The molecular formula is C30H33F3N6O5.